The maximum Gasteiger partial charge on any atom is 0.187 e. The second kappa shape index (κ2) is 7.71. The molecule has 2 heterocycles. The van der Waals surface area contributed by atoms with Crippen molar-refractivity contribution >= 4 is 11.8 Å². The number of hydrogen-bond donors (Lipinski definition) is 6. The molecule has 130 valence electrons. The summed E-state index contributed by atoms with van der Waals surface area (Å²) in [6.07, 6.45) is -9.73. The average Bonchev–Trinajstić information content (AvgIpc) is 2.76. The van der Waals surface area contributed by atoms with Gasteiger partial charge in [-0.2, -0.15) is 11.8 Å². The first-order chi connectivity index (χ1) is 10.4. The van der Waals surface area contributed by atoms with E-state index < -0.39 is 61.9 Å². The van der Waals surface area contributed by atoms with Crippen molar-refractivity contribution in [3.8, 4) is 0 Å². The van der Waals surface area contributed by atoms with Gasteiger partial charge in [0.2, 0.25) is 0 Å². The van der Waals surface area contributed by atoms with Gasteiger partial charge in [-0.15, -0.1) is 0 Å². The molecule has 2 aliphatic rings. The highest BCUT2D eigenvalue weighted by atomic mass is 32.2. The molecule has 0 radical (unpaired) electrons. The van der Waals surface area contributed by atoms with E-state index in [4.69, 9.17) is 14.2 Å². The van der Waals surface area contributed by atoms with E-state index in [9.17, 15) is 30.6 Å². The van der Waals surface area contributed by atoms with Crippen molar-refractivity contribution in [1.29, 1.82) is 0 Å². The van der Waals surface area contributed by atoms with Crippen molar-refractivity contribution in [2.24, 2.45) is 0 Å². The summed E-state index contributed by atoms with van der Waals surface area (Å²) in [4.78, 5) is 0. The number of hydrogen-bond acceptors (Lipinski definition) is 10. The van der Waals surface area contributed by atoms with Gasteiger partial charge >= 0.3 is 0 Å². The predicted octanol–water partition coefficient (Wildman–Crippen LogP) is -3.39. The SMILES string of the molecule is CSC[C@H]1O[C@H](O[C@@H]2C(CO)O[C@H](O)C(O)[C@H]2O)[C@@H](O)C1O. The van der Waals surface area contributed by atoms with Crippen molar-refractivity contribution in [2.75, 3.05) is 18.6 Å². The van der Waals surface area contributed by atoms with Crippen LogP contribution in [-0.4, -0.2) is 105 Å². The molecule has 2 fully saturated rings. The molecule has 0 bridgehead atoms. The van der Waals surface area contributed by atoms with Crippen LogP contribution in [0.2, 0.25) is 0 Å². The lowest BCUT2D eigenvalue weighted by atomic mass is 9.99. The topological polar surface area (TPSA) is 149 Å². The van der Waals surface area contributed by atoms with Gasteiger partial charge < -0.3 is 44.8 Å². The number of thioether (sulfide) groups is 1. The third-order valence-corrected chi connectivity index (χ3v) is 4.44. The molecule has 0 aliphatic carbocycles. The zero-order valence-electron chi connectivity index (χ0n) is 11.9. The Morgan fingerprint density at radius 3 is 2.18 bits per heavy atom. The number of ether oxygens (including phenoxy) is 3. The summed E-state index contributed by atoms with van der Waals surface area (Å²) in [5.74, 6) is 0.437. The van der Waals surface area contributed by atoms with E-state index in [1.54, 1.807) is 0 Å². The Morgan fingerprint density at radius 1 is 0.909 bits per heavy atom. The fraction of sp³-hybridized carbons (Fsp3) is 1.00. The summed E-state index contributed by atoms with van der Waals surface area (Å²) in [6, 6.07) is 0. The molecular weight excluding hydrogens is 320 g/mol. The summed E-state index contributed by atoms with van der Waals surface area (Å²) < 4.78 is 15.7. The zero-order valence-corrected chi connectivity index (χ0v) is 12.7. The van der Waals surface area contributed by atoms with Crippen LogP contribution < -0.4 is 0 Å². The maximum atomic E-state index is 9.96. The minimum Gasteiger partial charge on any atom is -0.394 e. The van der Waals surface area contributed by atoms with Crippen LogP contribution in [0.3, 0.4) is 0 Å². The quantitative estimate of drug-likeness (QED) is 0.299. The first-order valence-electron chi connectivity index (χ1n) is 6.87. The van der Waals surface area contributed by atoms with Crippen molar-refractivity contribution in [3.05, 3.63) is 0 Å². The van der Waals surface area contributed by atoms with Crippen LogP contribution in [0.1, 0.15) is 0 Å². The molecule has 0 spiro atoms. The fourth-order valence-electron chi connectivity index (χ4n) is 2.52. The van der Waals surface area contributed by atoms with Gasteiger partial charge in [-0.25, -0.2) is 0 Å². The lowest BCUT2D eigenvalue weighted by molar-refractivity contribution is -0.320. The molecule has 2 aliphatic heterocycles. The molecular formula is C12H22O9S. The fourth-order valence-corrected chi connectivity index (χ4v) is 3.12. The third-order valence-electron chi connectivity index (χ3n) is 3.78. The van der Waals surface area contributed by atoms with E-state index in [0.29, 0.717) is 5.75 Å². The van der Waals surface area contributed by atoms with Gasteiger partial charge in [0, 0.05) is 5.75 Å². The van der Waals surface area contributed by atoms with Gasteiger partial charge in [-0.1, -0.05) is 0 Å². The molecule has 0 amide bonds. The van der Waals surface area contributed by atoms with Crippen molar-refractivity contribution in [2.45, 2.75) is 55.3 Å². The van der Waals surface area contributed by atoms with E-state index >= 15 is 0 Å². The van der Waals surface area contributed by atoms with Crippen molar-refractivity contribution in [1.82, 2.24) is 0 Å². The molecule has 10 heteroatoms. The average molecular weight is 342 g/mol. The van der Waals surface area contributed by atoms with Gasteiger partial charge in [0.15, 0.2) is 12.6 Å². The Hall–Kier alpha value is -0.0100. The molecule has 0 aromatic rings. The van der Waals surface area contributed by atoms with E-state index in [2.05, 4.69) is 0 Å². The van der Waals surface area contributed by atoms with Gasteiger partial charge in [0.05, 0.1) is 12.7 Å². The van der Waals surface area contributed by atoms with Crippen LogP contribution in [0.15, 0.2) is 0 Å². The van der Waals surface area contributed by atoms with E-state index in [-0.39, 0.29) is 0 Å². The smallest absolute Gasteiger partial charge is 0.187 e. The van der Waals surface area contributed by atoms with Crippen LogP contribution in [0.25, 0.3) is 0 Å². The van der Waals surface area contributed by atoms with E-state index in [1.807, 2.05) is 6.26 Å². The Labute approximate surface area is 131 Å². The molecule has 6 N–H and O–H groups in total. The highest BCUT2D eigenvalue weighted by molar-refractivity contribution is 7.98. The minimum atomic E-state index is -1.66. The van der Waals surface area contributed by atoms with Crippen LogP contribution in [0, 0.1) is 0 Å². The highest BCUT2D eigenvalue weighted by Crippen LogP contribution is 2.29. The molecule has 0 aromatic heterocycles. The largest absolute Gasteiger partial charge is 0.394 e. The molecule has 22 heavy (non-hydrogen) atoms. The van der Waals surface area contributed by atoms with Crippen LogP contribution in [-0.2, 0) is 14.2 Å². The normalized spacial score (nSPS) is 49.5. The van der Waals surface area contributed by atoms with Crippen molar-refractivity contribution in [3.63, 3.8) is 0 Å². The van der Waals surface area contributed by atoms with Crippen LogP contribution in [0.5, 0.6) is 0 Å². The second-order valence-electron chi connectivity index (χ2n) is 5.31. The standard InChI is InChI=1S/C12H22O9S/c1-22-3-5-6(14)9(17)12(20-5)21-10-4(2-13)19-11(18)8(16)7(10)15/h4-18H,2-3H2,1H3/t4?,5-,6?,7-,8?,9+,10-,11+,12-/m1/s1. The first-order valence-corrected chi connectivity index (χ1v) is 8.26. The zero-order chi connectivity index (χ0) is 16.4. The van der Waals surface area contributed by atoms with Gasteiger partial charge in [-0.3, -0.25) is 0 Å². The second-order valence-corrected chi connectivity index (χ2v) is 6.22. The summed E-state index contributed by atoms with van der Waals surface area (Å²) in [6.45, 7) is -0.578. The molecule has 3 unspecified atom stereocenters. The Bertz CT molecular complexity index is 357. The van der Waals surface area contributed by atoms with Gasteiger partial charge in [-0.05, 0) is 6.26 Å². The Balaban J connectivity index is 2.04. The van der Waals surface area contributed by atoms with E-state index in [1.165, 1.54) is 11.8 Å². The summed E-state index contributed by atoms with van der Waals surface area (Å²) >= 11 is 1.42. The monoisotopic (exact) mass is 342 g/mol. The van der Waals surface area contributed by atoms with Crippen LogP contribution >= 0.6 is 11.8 Å². The molecule has 9 atom stereocenters. The molecule has 0 saturated carbocycles. The molecule has 2 rings (SSSR count). The Morgan fingerprint density at radius 2 is 1.59 bits per heavy atom. The predicted molar refractivity (Wildman–Crippen MR) is 73.9 cm³/mol. The van der Waals surface area contributed by atoms with Crippen LogP contribution in [0.4, 0.5) is 0 Å². The lowest BCUT2D eigenvalue weighted by Crippen LogP contribution is -2.60. The summed E-state index contributed by atoms with van der Waals surface area (Å²) in [5.41, 5.74) is 0. The van der Waals surface area contributed by atoms with Crippen molar-refractivity contribution < 1.29 is 44.8 Å². The number of aliphatic hydroxyl groups is 6. The lowest BCUT2D eigenvalue weighted by Gasteiger charge is -2.41. The number of rotatable bonds is 5. The van der Waals surface area contributed by atoms with Gasteiger partial charge in [0.1, 0.15) is 36.6 Å². The Kier molecular flexibility index (Phi) is 6.42. The van der Waals surface area contributed by atoms with E-state index in [0.717, 1.165) is 0 Å². The number of aliphatic hydroxyl groups excluding tert-OH is 6. The van der Waals surface area contributed by atoms with Gasteiger partial charge in [0.25, 0.3) is 0 Å². The third kappa shape index (κ3) is 3.56. The molecule has 2 saturated heterocycles. The first kappa shape index (κ1) is 18.3. The summed E-state index contributed by atoms with van der Waals surface area (Å²) in [7, 11) is 0. The minimum absolute atomic E-state index is 0.437. The maximum absolute atomic E-state index is 9.96. The highest BCUT2D eigenvalue weighted by Gasteiger charge is 2.49. The molecule has 0 aromatic carbocycles. The molecule has 9 nitrogen and oxygen atoms in total. The summed E-state index contributed by atoms with van der Waals surface area (Å²) in [5, 5.41) is 58.0.